The Morgan fingerprint density at radius 2 is 1.71 bits per heavy atom. The van der Waals surface area contributed by atoms with Gasteiger partial charge in [0.25, 0.3) is 5.91 Å². The minimum atomic E-state index is -0.0147. The third-order valence-electron chi connectivity index (χ3n) is 5.14. The van der Waals surface area contributed by atoms with Crippen molar-refractivity contribution in [3.63, 3.8) is 0 Å². The Morgan fingerprint density at radius 3 is 2.43 bits per heavy atom. The molecule has 1 amide bonds. The highest BCUT2D eigenvalue weighted by Crippen LogP contribution is 2.13. The fourth-order valence-electron chi connectivity index (χ4n) is 3.36. The topological polar surface area (TPSA) is 35.6 Å². The molecule has 1 aliphatic heterocycles. The second-order valence-electron chi connectivity index (χ2n) is 7.42. The summed E-state index contributed by atoms with van der Waals surface area (Å²) in [6.07, 6.45) is 0. The van der Waals surface area contributed by atoms with Crippen LogP contribution in [0.4, 0.5) is 0 Å². The third-order valence-corrected chi connectivity index (χ3v) is 6.08. The van der Waals surface area contributed by atoms with Gasteiger partial charge in [-0.25, -0.2) is 0 Å². The molecule has 0 bridgehead atoms. The van der Waals surface area contributed by atoms with E-state index in [0.29, 0.717) is 6.54 Å². The van der Waals surface area contributed by atoms with E-state index in [9.17, 15) is 4.79 Å². The molecule has 1 aliphatic rings. The summed E-state index contributed by atoms with van der Waals surface area (Å²) in [7, 11) is 2.18. The van der Waals surface area contributed by atoms with Gasteiger partial charge in [0.05, 0.1) is 0 Å². The molecule has 2 aromatic rings. The highest BCUT2D eigenvalue weighted by atomic mass is 32.2. The maximum Gasteiger partial charge on any atom is 0.251 e. The van der Waals surface area contributed by atoms with E-state index in [1.165, 1.54) is 11.1 Å². The Bertz CT molecular complexity index is 755. The van der Waals surface area contributed by atoms with Gasteiger partial charge < -0.3 is 10.2 Å². The normalized spacial score (nSPS) is 15.5. The third kappa shape index (κ3) is 6.36. The summed E-state index contributed by atoms with van der Waals surface area (Å²) in [6.45, 7) is 8.19. The number of rotatable bonds is 8. The number of benzene rings is 2. The zero-order chi connectivity index (χ0) is 19.8. The summed E-state index contributed by atoms with van der Waals surface area (Å²) in [5.74, 6) is 2.09. The van der Waals surface area contributed by atoms with Gasteiger partial charge in [-0.2, -0.15) is 11.8 Å². The quantitative estimate of drug-likeness (QED) is 0.738. The van der Waals surface area contributed by atoms with E-state index < -0.39 is 0 Å². The van der Waals surface area contributed by atoms with Gasteiger partial charge in [0.2, 0.25) is 0 Å². The average molecular weight is 398 g/mol. The second kappa shape index (κ2) is 10.6. The number of thioether (sulfide) groups is 1. The van der Waals surface area contributed by atoms with Gasteiger partial charge in [0.1, 0.15) is 0 Å². The van der Waals surface area contributed by atoms with Crippen LogP contribution in [0.25, 0.3) is 0 Å². The Morgan fingerprint density at radius 1 is 1.00 bits per heavy atom. The summed E-state index contributed by atoms with van der Waals surface area (Å²) in [5, 5.41) is 3.05. The SMILES string of the molecule is CCSCc1ccc(C(=O)NCc2cccc(CN3CCN(C)CC3)c2)cc1. The van der Waals surface area contributed by atoms with Gasteiger partial charge in [-0.15, -0.1) is 0 Å². The van der Waals surface area contributed by atoms with E-state index in [0.717, 1.165) is 55.4 Å². The number of piperazine rings is 1. The molecule has 3 rings (SSSR count). The zero-order valence-electron chi connectivity index (χ0n) is 17.0. The van der Waals surface area contributed by atoms with E-state index in [-0.39, 0.29) is 5.91 Å². The van der Waals surface area contributed by atoms with Crippen molar-refractivity contribution in [2.75, 3.05) is 39.0 Å². The molecule has 1 saturated heterocycles. The van der Waals surface area contributed by atoms with Crippen LogP contribution in [0.3, 0.4) is 0 Å². The number of nitrogens with zero attached hydrogens (tertiary/aromatic N) is 2. The molecule has 0 unspecified atom stereocenters. The predicted molar refractivity (Wildman–Crippen MR) is 119 cm³/mol. The van der Waals surface area contributed by atoms with Crippen LogP contribution in [-0.2, 0) is 18.8 Å². The number of hydrogen-bond donors (Lipinski definition) is 1. The average Bonchev–Trinajstić information content (AvgIpc) is 2.73. The first-order valence-corrected chi connectivity index (χ1v) is 11.2. The van der Waals surface area contributed by atoms with Crippen LogP contribution in [0.15, 0.2) is 48.5 Å². The highest BCUT2D eigenvalue weighted by Gasteiger charge is 2.14. The number of hydrogen-bond acceptors (Lipinski definition) is 4. The van der Waals surface area contributed by atoms with Crippen molar-refractivity contribution in [3.05, 3.63) is 70.8 Å². The van der Waals surface area contributed by atoms with Gasteiger partial charge in [-0.3, -0.25) is 9.69 Å². The summed E-state index contributed by atoms with van der Waals surface area (Å²) in [4.78, 5) is 17.3. The maximum atomic E-state index is 12.4. The number of carbonyl (C=O) groups excluding carboxylic acids is 1. The van der Waals surface area contributed by atoms with Crippen molar-refractivity contribution in [1.82, 2.24) is 15.1 Å². The standard InChI is InChI=1S/C23H31N3OS/c1-3-28-18-19-7-9-22(10-8-19)23(27)24-16-20-5-4-6-21(15-20)17-26-13-11-25(2)12-14-26/h4-10,15H,3,11-14,16-18H2,1-2H3,(H,24,27). The van der Waals surface area contributed by atoms with Gasteiger partial charge >= 0.3 is 0 Å². The lowest BCUT2D eigenvalue weighted by molar-refractivity contribution is 0.0951. The monoisotopic (exact) mass is 397 g/mol. The molecule has 0 spiro atoms. The Kier molecular flexibility index (Phi) is 7.95. The van der Waals surface area contributed by atoms with E-state index in [1.54, 1.807) is 0 Å². The molecule has 150 valence electrons. The maximum absolute atomic E-state index is 12.4. The summed E-state index contributed by atoms with van der Waals surface area (Å²) in [6, 6.07) is 16.5. The van der Waals surface area contributed by atoms with E-state index in [4.69, 9.17) is 0 Å². The molecule has 0 atom stereocenters. The smallest absolute Gasteiger partial charge is 0.251 e. The molecule has 1 fully saturated rings. The molecule has 0 saturated carbocycles. The summed E-state index contributed by atoms with van der Waals surface area (Å²) >= 11 is 1.89. The molecule has 0 aliphatic carbocycles. The molecular weight excluding hydrogens is 366 g/mol. The first-order chi connectivity index (χ1) is 13.6. The molecule has 28 heavy (non-hydrogen) atoms. The minimum Gasteiger partial charge on any atom is -0.348 e. The van der Waals surface area contributed by atoms with Crippen LogP contribution in [0.1, 0.15) is 34.0 Å². The largest absolute Gasteiger partial charge is 0.348 e. The predicted octanol–water partition coefficient (Wildman–Crippen LogP) is 3.62. The molecule has 4 nitrogen and oxygen atoms in total. The van der Waals surface area contributed by atoms with Gasteiger partial charge in [0, 0.05) is 50.6 Å². The van der Waals surface area contributed by atoms with Crippen molar-refractivity contribution in [3.8, 4) is 0 Å². The van der Waals surface area contributed by atoms with Crippen LogP contribution in [-0.4, -0.2) is 54.7 Å². The van der Waals surface area contributed by atoms with Crippen molar-refractivity contribution in [1.29, 1.82) is 0 Å². The van der Waals surface area contributed by atoms with Crippen LogP contribution >= 0.6 is 11.8 Å². The van der Waals surface area contributed by atoms with E-state index in [2.05, 4.69) is 53.4 Å². The number of amides is 1. The van der Waals surface area contributed by atoms with Crippen molar-refractivity contribution >= 4 is 17.7 Å². The first kappa shape index (κ1) is 20.9. The van der Waals surface area contributed by atoms with Crippen LogP contribution in [0.2, 0.25) is 0 Å². The fraction of sp³-hybridized carbons (Fsp3) is 0.435. The van der Waals surface area contributed by atoms with Crippen molar-refractivity contribution in [2.24, 2.45) is 0 Å². The van der Waals surface area contributed by atoms with Gasteiger partial charge in [0.15, 0.2) is 0 Å². The Labute approximate surface area is 173 Å². The Hall–Kier alpha value is -1.82. The number of nitrogens with one attached hydrogen (secondary N) is 1. The fourth-order valence-corrected chi connectivity index (χ4v) is 3.99. The number of likely N-dealkylation sites (N-methyl/N-ethyl adjacent to an activating group) is 1. The number of carbonyl (C=O) groups is 1. The molecule has 1 N–H and O–H groups in total. The van der Waals surface area contributed by atoms with Crippen LogP contribution in [0, 0.1) is 0 Å². The first-order valence-electron chi connectivity index (χ1n) is 10.1. The molecule has 5 heteroatoms. The molecule has 0 radical (unpaired) electrons. The van der Waals surface area contributed by atoms with Gasteiger partial charge in [-0.1, -0.05) is 43.3 Å². The zero-order valence-corrected chi connectivity index (χ0v) is 17.8. The van der Waals surface area contributed by atoms with Crippen molar-refractivity contribution < 1.29 is 4.79 Å². The summed E-state index contributed by atoms with van der Waals surface area (Å²) < 4.78 is 0. The lowest BCUT2D eigenvalue weighted by Crippen LogP contribution is -2.43. The van der Waals surface area contributed by atoms with Crippen LogP contribution < -0.4 is 5.32 Å². The Balaban J connectivity index is 1.50. The molecule has 0 aromatic heterocycles. The minimum absolute atomic E-state index is 0.0147. The molecule has 2 aromatic carbocycles. The lowest BCUT2D eigenvalue weighted by Gasteiger charge is -2.32. The second-order valence-corrected chi connectivity index (χ2v) is 8.69. The van der Waals surface area contributed by atoms with E-state index >= 15 is 0 Å². The summed E-state index contributed by atoms with van der Waals surface area (Å²) in [5.41, 5.74) is 4.45. The molecular formula is C23H31N3OS. The van der Waals surface area contributed by atoms with E-state index in [1.807, 2.05) is 36.0 Å². The highest BCUT2D eigenvalue weighted by molar-refractivity contribution is 7.98. The lowest BCUT2D eigenvalue weighted by atomic mass is 10.1. The van der Waals surface area contributed by atoms with Crippen LogP contribution in [0.5, 0.6) is 0 Å². The van der Waals surface area contributed by atoms with Gasteiger partial charge in [-0.05, 0) is 41.6 Å². The molecule has 1 heterocycles. The van der Waals surface area contributed by atoms with Crippen molar-refractivity contribution in [2.45, 2.75) is 25.8 Å².